The number of carbonyl (C=O) groups excluding carboxylic acids is 1. The van der Waals surface area contributed by atoms with Gasteiger partial charge >= 0.3 is 0 Å². The highest BCUT2D eigenvalue weighted by atomic mass is 16.2. The molecule has 2 unspecified atom stereocenters. The highest BCUT2D eigenvalue weighted by Gasteiger charge is 2.27. The standard InChI is InChI=1S/C17H27N3O/c1-4-7-13(2)19-17(21)15-9-6-11-20(12-15)16-10-5-8-14(3)18-16/h5,8,10,13,15H,4,6-7,9,11-12H2,1-3H3,(H,19,21). The summed E-state index contributed by atoms with van der Waals surface area (Å²) in [7, 11) is 0. The van der Waals surface area contributed by atoms with Crippen molar-refractivity contribution >= 4 is 11.7 Å². The lowest BCUT2D eigenvalue weighted by atomic mass is 9.96. The van der Waals surface area contributed by atoms with Gasteiger partial charge in [0.25, 0.3) is 0 Å². The monoisotopic (exact) mass is 289 g/mol. The molecule has 1 aliphatic rings. The second kappa shape index (κ2) is 7.43. The van der Waals surface area contributed by atoms with Crippen molar-refractivity contribution in [3.05, 3.63) is 23.9 Å². The van der Waals surface area contributed by atoms with Gasteiger partial charge in [0, 0.05) is 24.8 Å². The summed E-state index contributed by atoms with van der Waals surface area (Å²) in [6, 6.07) is 6.34. The van der Waals surface area contributed by atoms with E-state index in [0.717, 1.165) is 50.3 Å². The summed E-state index contributed by atoms with van der Waals surface area (Å²) >= 11 is 0. The number of nitrogens with one attached hydrogen (secondary N) is 1. The van der Waals surface area contributed by atoms with Crippen LogP contribution in [-0.2, 0) is 4.79 Å². The number of pyridine rings is 1. The molecule has 0 radical (unpaired) electrons. The van der Waals surface area contributed by atoms with Crippen LogP contribution in [0.1, 0.15) is 45.2 Å². The Labute approximate surface area is 127 Å². The van der Waals surface area contributed by atoms with Gasteiger partial charge in [0.2, 0.25) is 5.91 Å². The van der Waals surface area contributed by atoms with Gasteiger partial charge in [-0.1, -0.05) is 19.4 Å². The lowest BCUT2D eigenvalue weighted by molar-refractivity contribution is -0.125. The Hall–Kier alpha value is -1.58. The number of hydrogen-bond acceptors (Lipinski definition) is 3. The summed E-state index contributed by atoms with van der Waals surface area (Å²) < 4.78 is 0. The quantitative estimate of drug-likeness (QED) is 0.906. The number of anilines is 1. The third-order valence-corrected chi connectivity index (χ3v) is 4.10. The predicted molar refractivity (Wildman–Crippen MR) is 86.4 cm³/mol. The smallest absolute Gasteiger partial charge is 0.225 e. The van der Waals surface area contributed by atoms with E-state index in [9.17, 15) is 4.79 Å². The van der Waals surface area contributed by atoms with Crippen molar-refractivity contribution < 1.29 is 4.79 Å². The molecule has 0 bridgehead atoms. The summed E-state index contributed by atoms with van der Waals surface area (Å²) in [5.41, 5.74) is 1.02. The van der Waals surface area contributed by atoms with Crippen molar-refractivity contribution in [1.29, 1.82) is 0 Å². The van der Waals surface area contributed by atoms with Crippen LogP contribution in [0.4, 0.5) is 5.82 Å². The van der Waals surface area contributed by atoms with E-state index in [1.54, 1.807) is 0 Å². The van der Waals surface area contributed by atoms with Gasteiger partial charge in [0.05, 0.1) is 5.92 Å². The minimum atomic E-state index is 0.0837. The fraction of sp³-hybridized carbons (Fsp3) is 0.647. The summed E-state index contributed by atoms with van der Waals surface area (Å²) in [5, 5.41) is 3.15. The molecule has 1 aliphatic heterocycles. The molecule has 0 spiro atoms. The lowest BCUT2D eigenvalue weighted by Gasteiger charge is -2.33. The summed E-state index contributed by atoms with van der Waals surface area (Å²) in [6.07, 6.45) is 4.18. The molecule has 1 fully saturated rings. The average Bonchev–Trinajstić information content (AvgIpc) is 2.47. The van der Waals surface area contributed by atoms with Crippen LogP contribution in [0.2, 0.25) is 0 Å². The number of piperidine rings is 1. The highest BCUT2D eigenvalue weighted by Crippen LogP contribution is 2.22. The lowest BCUT2D eigenvalue weighted by Crippen LogP contribution is -2.45. The molecule has 4 heteroatoms. The van der Waals surface area contributed by atoms with Gasteiger partial charge in [0.15, 0.2) is 0 Å². The molecule has 116 valence electrons. The maximum Gasteiger partial charge on any atom is 0.225 e. The van der Waals surface area contributed by atoms with Gasteiger partial charge in [0.1, 0.15) is 5.82 Å². The number of hydrogen-bond donors (Lipinski definition) is 1. The Morgan fingerprint density at radius 3 is 3.05 bits per heavy atom. The summed E-state index contributed by atoms with van der Waals surface area (Å²) in [4.78, 5) is 19.2. The van der Waals surface area contributed by atoms with Crippen molar-refractivity contribution in [2.45, 2.75) is 52.5 Å². The normalized spacial score (nSPS) is 20.1. The molecule has 2 atom stereocenters. The summed E-state index contributed by atoms with van der Waals surface area (Å²) in [5.74, 6) is 1.28. The number of amides is 1. The zero-order valence-corrected chi connectivity index (χ0v) is 13.4. The molecule has 21 heavy (non-hydrogen) atoms. The minimum Gasteiger partial charge on any atom is -0.356 e. The topological polar surface area (TPSA) is 45.2 Å². The highest BCUT2D eigenvalue weighted by molar-refractivity contribution is 5.79. The van der Waals surface area contributed by atoms with Crippen molar-refractivity contribution in [2.24, 2.45) is 5.92 Å². The fourth-order valence-electron chi connectivity index (χ4n) is 2.97. The maximum atomic E-state index is 12.4. The number of aromatic nitrogens is 1. The van der Waals surface area contributed by atoms with Crippen LogP contribution in [0.25, 0.3) is 0 Å². The number of carbonyl (C=O) groups is 1. The van der Waals surface area contributed by atoms with E-state index >= 15 is 0 Å². The molecular weight excluding hydrogens is 262 g/mol. The first-order chi connectivity index (χ1) is 10.1. The maximum absolute atomic E-state index is 12.4. The zero-order valence-electron chi connectivity index (χ0n) is 13.4. The van der Waals surface area contributed by atoms with Gasteiger partial charge in [-0.2, -0.15) is 0 Å². The summed E-state index contributed by atoms with van der Waals surface area (Å²) in [6.45, 7) is 8.01. The first-order valence-electron chi connectivity index (χ1n) is 8.09. The second-order valence-electron chi connectivity index (χ2n) is 6.12. The fourth-order valence-corrected chi connectivity index (χ4v) is 2.97. The van der Waals surface area contributed by atoms with Crippen molar-refractivity contribution in [3.63, 3.8) is 0 Å². The van der Waals surface area contributed by atoms with Gasteiger partial charge in [-0.3, -0.25) is 4.79 Å². The molecule has 0 saturated carbocycles. The molecule has 1 amide bonds. The predicted octanol–water partition coefficient (Wildman–Crippen LogP) is 2.91. The molecule has 1 saturated heterocycles. The largest absolute Gasteiger partial charge is 0.356 e. The number of rotatable bonds is 5. The Bertz CT molecular complexity index is 475. The number of aryl methyl sites for hydroxylation is 1. The van der Waals surface area contributed by atoms with E-state index in [1.807, 2.05) is 25.1 Å². The van der Waals surface area contributed by atoms with Crippen molar-refractivity contribution in [3.8, 4) is 0 Å². The zero-order chi connectivity index (χ0) is 15.2. The van der Waals surface area contributed by atoms with E-state index in [0.29, 0.717) is 0 Å². The molecule has 2 rings (SSSR count). The first-order valence-corrected chi connectivity index (χ1v) is 8.09. The molecule has 2 heterocycles. The van der Waals surface area contributed by atoms with Crippen LogP contribution in [0.5, 0.6) is 0 Å². The Balaban J connectivity index is 1.95. The number of nitrogens with zero attached hydrogens (tertiary/aromatic N) is 2. The van der Waals surface area contributed by atoms with Crippen LogP contribution < -0.4 is 10.2 Å². The molecule has 0 aromatic carbocycles. The van der Waals surface area contributed by atoms with Crippen LogP contribution >= 0.6 is 0 Å². The molecule has 4 nitrogen and oxygen atoms in total. The van der Waals surface area contributed by atoms with Crippen molar-refractivity contribution in [1.82, 2.24) is 10.3 Å². The van der Waals surface area contributed by atoms with E-state index in [4.69, 9.17) is 0 Å². The SMILES string of the molecule is CCCC(C)NC(=O)C1CCCN(c2cccc(C)n2)C1. The second-order valence-corrected chi connectivity index (χ2v) is 6.12. The van der Waals surface area contributed by atoms with Gasteiger partial charge in [-0.25, -0.2) is 4.98 Å². The Morgan fingerprint density at radius 1 is 1.52 bits per heavy atom. The third-order valence-electron chi connectivity index (χ3n) is 4.10. The molecule has 1 N–H and O–H groups in total. The van der Waals surface area contributed by atoms with Crippen LogP contribution in [0, 0.1) is 12.8 Å². The van der Waals surface area contributed by atoms with Gasteiger partial charge < -0.3 is 10.2 Å². The molecule has 0 aliphatic carbocycles. The van der Waals surface area contributed by atoms with E-state index in [1.165, 1.54) is 0 Å². The van der Waals surface area contributed by atoms with Gasteiger partial charge in [-0.05, 0) is 45.2 Å². The molecule has 1 aromatic rings. The van der Waals surface area contributed by atoms with Crippen LogP contribution in [0.3, 0.4) is 0 Å². The Kier molecular flexibility index (Phi) is 5.59. The molecule has 1 aromatic heterocycles. The van der Waals surface area contributed by atoms with Crippen LogP contribution in [-0.4, -0.2) is 30.0 Å². The molecular formula is C17H27N3O. The van der Waals surface area contributed by atoms with E-state index < -0.39 is 0 Å². The Morgan fingerprint density at radius 2 is 2.33 bits per heavy atom. The average molecular weight is 289 g/mol. The van der Waals surface area contributed by atoms with E-state index in [-0.39, 0.29) is 17.9 Å². The minimum absolute atomic E-state index is 0.0837. The van der Waals surface area contributed by atoms with E-state index in [2.05, 4.69) is 29.0 Å². The van der Waals surface area contributed by atoms with Crippen molar-refractivity contribution in [2.75, 3.05) is 18.0 Å². The first kappa shape index (κ1) is 15.8. The third kappa shape index (κ3) is 4.45. The van der Waals surface area contributed by atoms with Gasteiger partial charge in [-0.15, -0.1) is 0 Å². The van der Waals surface area contributed by atoms with Crippen LogP contribution in [0.15, 0.2) is 18.2 Å².